The number of anilines is 2. The van der Waals surface area contributed by atoms with Crippen LogP contribution in [0.4, 0.5) is 11.5 Å². The molecule has 1 saturated heterocycles. The number of pyridine rings is 1. The maximum atomic E-state index is 13.0. The topological polar surface area (TPSA) is 99.8 Å². The van der Waals surface area contributed by atoms with Crippen molar-refractivity contribution in [3.63, 3.8) is 0 Å². The summed E-state index contributed by atoms with van der Waals surface area (Å²) < 4.78 is 27.4. The van der Waals surface area contributed by atoms with E-state index in [-0.39, 0.29) is 23.3 Å². The van der Waals surface area contributed by atoms with Crippen molar-refractivity contribution >= 4 is 21.5 Å². The van der Waals surface area contributed by atoms with Gasteiger partial charge in [0, 0.05) is 31.5 Å². The van der Waals surface area contributed by atoms with Crippen molar-refractivity contribution in [1.82, 2.24) is 9.29 Å². The highest BCUT2D eigenvalue weighted by atomic mass is 32.2. The van der Waals surface area contributed by atoms with Gasteiger partial charge in [-0.25, -0.2) is 13.4 Å². The molecule has 0 aliphatic carbocycles. The molecule has 0 radical (unpaired) electrons. The molecule has 1 aliphatic heterocycles. The lowest BCUT2D eigenvalue weighted by atomic mass is 9.98. The zero-order valence-electron chi connectivity index (χ0n) is 16.8. The number of aromatic nitrogens is 1. The lowest BCUT2D eigenvalue weighted by molar-refractivity contribution is 0.0786. The Morgan fingerprint density at radius 1 is 1.17 bits per heavy atom. The molecule has 0 spiro atoms. The molecule has 154 valence electrons. The average Bonchev–Trinajstić information content (AvgIpc) is 2.68. The van der Waals surface area contributed by atoms with Gasteiger partial charge in [-0.1, -0.05) is 18.1 Å². The van der Waals surface area contributed by atoms with Gasteiger partial charge in [0.1, 0.15) is 16.8 Å². The molecule has 1 aliphatic rings. The highest BCUT2D eigenvalue weighted by Crippen LogP contribution is 2.27. The number of piperazine rings is 1. The fourth-order valence-corrected chi connectivity index (χ4v) is 4.71. The Labute approximate surface area is 172 Å². The maximum Gasteiger partial charge on any atom is 0.244 e. The standard InChI is InChI=1S/C21H26N4O3S/c1-4-5-18-15-24(29(27,28)19-10-11-20(22)23-14-19)12-13-25(18)17-8-6-16(7-9-17)21(2,3)26/h6-11,14,18,26H,12-13,15H2,1-3H3,(H2,22,23)/t18-/m1/s1. The molecule has 29 heavy (non-hydrogen) atoms. The SMILES string of the molecule is CC#C[C@@H]1CN(S(=O)(=O)c2ccc(N)nc2)CCN1c1ccc(C(C)(C)O)cc1. The molecule has 1 aromatic heterocycles. The minimum Gasteiger partial charge on any atom is -0.386 e. The van der Waals surface area contributed by atoms with E-state index in [9.17, 15) is 13.5 Å². The molecule has 3 rings (SSSR count). The third-order valence-corrected chi connectivity index (χ3v) is 6.81. The number of nitrogens with two attached hydrogens (primary N) is 1. The summed E-state index contributed by atoms with van der Waals surface area (Å²) >= 11 is 0. The van der Waals surface area contributed by atoms with E-state index in [0.717, 1.165) is 11.3 Å². The van der Waals surface area contributed by atoms with E-state index in [2.05, 4.69) is 21.7 Å². The summed E-state index contributed by atoms with van der Waals surface area (Å²) in [5.41, 5.74) is 6.41. The molecule has 0 bridgehead atoms. The van der Waals surface area contributed by atoms with E-state index in [1.54, 1.807) is 20.8 Å². The molecule has 7 nitrogen and oxygen atoms in total. The Morgan fingerprint density at radius 2 is 1.86 bits per heavy atom. The molecule has 2 aromatic rings. The van der Waals surface area contributed by atoms with Crippen LogP contribution >= 0.6 is 0 Å². The van der Waals surface area contributed by atoms with Crippen molar-refractivity contribution in [2.24, 2.45) is 0 Å². The van der Waals surface area contributed by atoms with Gasteiger partial charge in [0.25, 0.3) is 0 Å². The number of benzene rings is 1. The van der Waals surface area contributed by atoms with Crippen LogP contribution in [0.5, 0.6) is 0 Å². The van der Waals surface area contributed by atoms with Gasteiger partial charge >= 0.3 is 0 Å². The Morgan fingerprint density at radius 3 is 2.41 bits per heavy atom. The fourth-order valence-electron chi connectivity index (χ4n) is 3.33. The second-order valence-electron chi connectivity index (χ2n) is 7.49. The summed E-state index contributed by atoms with van der Waals surface area (Å²) in [5, 5.41) is 10.2. The Balaban J connectivity index is 1.84. The van der Waals surface area contributed by atoms with Gasteiger partial charge in [-0.15, -0.1) is 5.92 Å². The number of hydrogen-bond acceptors (Lipinski definition) is 6. The molecule has 0 unspecified atom stereocenters. The molecule has 3 N–H and O–H groups in total. The Bertz CT molecular complexity index is 1020. The van der Waals surface area contributed by atoms with Gasteiger partial charge in [-0.05, 0) is 50.6 Å². The van der Waals surface area contributed by atoms with Crippen LogP contribution in [0, 0.1) is 11.8 Å². The number of nitrogen functional groups attached to an aromatic ring is 1. The summed E-state index contributed by atoms with van der Waals surface area (Å²) in [6, 6.07) is 10.3. The largest absolute Gasteiger partial charge is 0.386 e. The summed E-state index contributed by atoms with van der Waals surface area (Å²) in [6.45, 7) is 6.31. The lowest BCUT2D eigenvalue weighted by Gasteiger charge is -2.40. The second-order valence-corrected chi connectivity index (χ2v) is 9.43. The van der Waals surface area contributed by atoms with Crippen molar-refractivity contribution in [2.75, 3.05) is 30.3 Å². The highest BCUT2D eigenvalue weighted by Gasteiger charge is 2.34. The molecule has 8 heteroatoms. The van der Waals surface area contributed by atoms with Crippen molar-refractivity contribution in [3.05, 3.63) is 48.2 Å². The van der Waals surface area contributed by atoms with Crippen molar-refractivity contribution < 1.29 is 13.5 Å². The van der Waals surface area contributed by atoms with E-state index in [4.69, 9.17) is 5.73 Å². The van der Waals surface area contributed by atoms with Gasteiger partial charge in [-0.3, -0.25) is 0 Å². The van der Waals surface area contributed by atoms with Crippen LogP contribution in [0.3, 0.4) is 0 Å². The first kappa shape index (κ1) is 21.1. The number of sulfonamides is 1. The van der Waals surface area contributed by atoms with Gasteiger partial charge in [-0.2, -0.15) is 4.31 Å². The zero-order chi connectivity index (χ0) is 21.2. The predicted octanol–water partition coefficient (Wildman–Crippen LogP) is 1.79. The normalized spacial score (nSPS) is 18.2. The minimum absolute atomic E-state index is 0.123. The monoisotopic (exact) mass is 414 g/mol. The molecular weight excluding hydrogens is 388 g/mol. The molecule has 2 heterocycles. The second kappa shape index (κ2) is 8.03. The summed E-state index contributed by atoms with van der Waals surface area (Å²) in [4.78, 5) is 6.12. The first-order valence-electron chi connectivity index (χ1n) is 9.36. The van der Waals surface area contributed by atoms with Gasteiger partial charge in [0.05, 0.1) is 5.60 Å². The Hall–Kier alpha value is -2.60. The zero-order valence-corrected chi connectivity index (χ0v) is 17.6. The molecule has 0 amide bonds. The summed E-state index contributed by atoms with van der Waals surface area (Å²) in [6.07, 6.45) is 1.28. The molecule has 1 fully saturated rings. The third kappa shape index (κ3) is 4.53. The average molecular weight is 415 g/mol. The molecule has 1 aromatic carbocycles. The fraction of sp³-hybridized carbons (Fsp3) is 0.381. The van der Waals surface area contributed by atoms with Gasteiger partial charge < -0.3 is 15.7 Å². The van der Waals surface area contributed by atoms with E-state index in [1.807, 2.05) is 24.3 Å². The predicted molar refractivity (Wildman–Crippen MR) is 114 cm³/mol. The third-order valence-electron chi connectivity index (χ3n) is 4.96. The Kier molecular flexibility index (Phi) is 5.85. The van der Waals surface area contributed by atoms with Crippen LogP contribution in [0.2, 0.25) is 0 Å². The van der Waals surface area contributed by atoms with Crippen LogP contribution in [0.25, 0.3) is 0 Å². The minimum atomic E-state index is -3.67. The van der Waals surface area contributed by atoms with E-state index in [1.165, 1.54) is 22.6 Å². The van der Waals surface area contributed by atoms with Crippen molar-refractivity contribution in [2.45, 2.75) is 37.3 Å². The van der Waals surface area contributed by atoms with E-state index in [0.29, 0.717) is 13.1 Å². The van der Waals surface area contributed by atoms with E-state index < -0.39 is 15.6 Å². The molecule has 0 saturated carbocycles. The highest BCUT2D eigenvalue weighted by molar-refractivity contribution is 7.89. The maximum absolute atomic E-state index is 13.0. The van der Waals surface area contributed by atoms with Crippen LogP contribution in [0.15, 0.2) is 47.5 Å². The molecule has 1 atom stereocenters. The van der Waals surface area contributed by atoms with Gasteiger partial charge in [0.15, 0.2) is 0 Å². The first-order valence-corrected chi connectivity index (χ1v) is 10.8. The summed E-state index contributed by atoms with van der Waals surface area (Å²) in [7, 11) is -3.67. The van der Waals surface area contributed by atoms with Crippen LogP contribution in [0.1, 0.15) is 26.3 Å². The number of aliphatic hydroxyl groups is 1. The number of hydrogen-bond donors (Lipinski definition) is 2. The summed E-state index contributed by atoms with van der Waals surface area (Å²) in [5.74, 6) is 6.31. The quantitative estimate of drug-likeness (QED) is 0.740. The van der Waals surface area contributed by atoms with Gasteiger partial charge in [0.2, 0.25) is 10.0 Å². The van der Waals surface area contributed by atoms with Crippen LogP contribution in [-0.2, 0) is 15.6 Å². The number of nitrogens with zero attached hydrogens (tertiary/aromatic N) is 3. The lowest BCUT2D eigenvalue weighted by Crippen LogP contribution is -2.54. The smallest absolute Gasteiger partial charge is 0.244 e. The molecular formula is C21H26N4O3S. The first-order chi connectivity index (χ1) is 13.6. The van der Waals surface area contributed by atoms with Crippen LogP contribution in [-0.4, -0.2) is 48.5 Å². The van der Waals surface area contributed by atoms with Crippen LogP contribution < -0.4 is 10.6 Å². The van der Waals surface area contributed by atoms with Crippen molar-refractivity contribution in [1.29, 1.82) is 0 Å². The van der Waals surface area contributed by atoms with E-state index >= 15 is 0 Å². The van der Waals surface area contributed by atoms with Crippen molar-refractivity contribution in [3.8, 4) is 11.8 Å². The number of rotatable bonds is 4.